The Kier molecular flexibility index (Phi) is 4.01. The van der Waals surface area contributed by atoms with Crippen LogP contribution in [0.2, 0.25) is 0 Å². The fourth-order valence-corrected chi connectivity index (χ4v) is 1.60. The quantitative estimate of drug-likeness (QED) is 0.861. The van der Waals surface area contributed by atoms with Gasteiger partial charge in [0.25, 0.3) is 0 Å². The predicted molar refractivity (Wildman–Crippen MR) is 58.5 cm³/mol. The second-order valence-electron chi connectivity index (χ2n) is 3.78. The molecule has 0 saturated carbocycles. The minimum atomic E-state index is -1.02. The number of likely N-dealkylation sites (N-methyl/N-ethyl adjacent to an activating group) is 1. The minimum absolute atomic E-state index is 0.110. The number of carbonyl (C=O) groups excluding carboxylic acids is 1. The van der Waals surface area contributed by atoms with Crippen LogP contribution in [0, 0.1) is 11.6 Å². The van der Waals surface area contributed by atoms with Gasteiger partial charge in [-0.1, -0.05) is 0 Å². The van der Waals surface area contributed by atoms with Crippen molar-refractivity contribution in [2.75, 3.05) is 21.2 Å². The van der Waals surface area contributed by atoms with Crippen LogP contribution in [-0.4, -0.2) is 32.0 Å². The van der Waals surface area contributed by atoms with Crippen molar-refractivity contribution < 1.29 is 18.3 Å². The highest BCUT2D eigenvalue weighted by atomic mass is 19.1. The summed E-state index contributed by atoms with van der Waals surface area (Å²) in [6.45, 7) is 0. The Morgan fingerprint density at radius 1 is 1.35 bits per heavy atom. The molecule has 1 aromatic carbocycles. The van der Waals surface area contributed by atoms with Crippen molar-refractivity contribution in [2.24, 2.45) is 5.73 Å². The van der Waals surface area contributed by atoms with Gasteiger partial charge in [0.1, 0.15) is 11.9 Å². The lowest BCUT2D eigenvalue weighted by Gasteiger charge is -2.22. The van der Waals surface area contributed by atoms with E-state index in [-0.39, 0.29) is 11.3 Å². The number of hydrogen-bond acceptors (Lipinski definition) is 3. The summed E-state index contributed by atoms with van der Waals surface area (Å²) >= 11 is 0. The number of carbonyl (C=O) groups is 1. The van der Waals surface area contributed by atoms with E-state index in [0.29, 0.717) is 0 Å². The Morgan fingerprint density at radius 2 is 1.94 bits per heavy atom. The molecular formula is C11H14F2N2O2. The van der Waals surface area contributed by atoms with E-state index in [0.717, 1.165) is 12.1 Å². The van der Waals surface area contributed by atoms with Crippen LogP contribution in [0.25, 0.3) is 0 Å². The summed E-state index contributed by atoms with van der Waals surface area (Å²) < 4.78 is 31.8. The zero-order valence-electron chi connectivity index (χ0n) is 9.83. The van der Waals surface area contributed by atoms with Gasteiger partial charge in [-0.3, -0.25) is 9.69 Å². The fourth-order valence-electron chi connectivity index (χ4n) is 1.60. The first kappa shape index (κ1) is 13.4. The van der Waals surface area contributed by atoms with E-state index in [1.165, 1.54) is 12.0 Å². The van der Waals surface area contributed by atoms with Gasteiger partial charge in [-0.05, 0) is 20.2 Å². The van der Waals surface area contributed by atoms with Crippen LogP contribution in [-0.2, 0) is 4.79 Å². The summed E-state index contributed by atoms with van der Waals surface area (Å²) in [7, 11) is 4.34. The molecule has 0 heterocycles. The Balaban J connectivity index is 3.30. The molecule has 0 aliphatic carbocycles. The van der Waals surface area contributed by atoms with Gasteiger partial charge < -0.3 is 10.5 Å². The molecule has 6 heteroatoms. The first-order valence-corrected chi connectivity index (χ1v) is 4.87. The lowest BCUT2D eigenvalue weighted by molar-refractivity contribution is -0.122. The van der Waals surface area contributed by atoms with Gasteiger partial charge in [-0.2, -0.15) is 0 Å². The summed E-state index contributed by atoms with van der Waals surface area (Å²) in [5, 5.41) is 0. The third-order valence-corrected chi connectivity index (χ3v) is 2.35. The number of methoxy groups -OCH3 is 1. The fraction of sp³-hybridized carbons (Fsp3) is 0.364. The number of ether oxygens (including phenoxy) is 1. The predicted octanol–water partition coefficient (Wildman–Crippen LogP) is 1.06. The van der Waals surface area contributed by atoms with Crippen LogP contribution in [0.5, 0.6) is 5.75 Å². The molecule has 0 spiro atoms. The lowest BCUT2D eigenvalue weighted by atomic mass is 10.0. The largest absolute Gasteiger partial charge is 0.494 e. The van der Waals surface area contributed by atoms with Crippen molar-refractivity contribution in [3.63, 3.8) is 0 Å². The van der Waals surface area contributed by atoms with E-state index in [4.69, 9.17) is 5.73 Å². The Hall–Kier alpha value is -1.69. The number of primary amides is 1. The van der Waals surface area contributed by atoms with Gasteiger partial charge in [-0.25, -0.2) is 8.78 Å². The van der Waals surface area contributed by atoms with Crippen molar-refractivity contribution in [3.05, 3.63) is 29.3 Å². The number of rotatable bonds is 4. The second-order valence-corrected chi connectivity index (χ2v) is 3.78. The van der Waals surface area contributed by atoms with Crippen molar-refractivity contribution in [2.45, 2.75) is 6.04 Å². The highest BCUT2D eigenvalue weighted by molar-refractivity contribution is 5.81. The van der Waals surface area contributed by atoms with Crippen LogP contribution in [0.3, 0.4) is 0 Å². The average molecular weight is 244 g/mol. The average Bonchev–Trinajstić information content (AvgIpc) is 2.21. The molecular weight excluding hydrogens is 230 g/mol. The number of hydrogen-bond donors (Lipinski definition) is 1. The van der Waals surface area contributed by atoms with E-state index in [9.17, 15) is 13.6 Å². The molecule has 0 aliphatic heterocycles. The summed E-state index contributed by atoms with van der Waals surface area (Å²) in [5.74, 6) is -2.44. The standard InChI is InChI=1S/C11H14F2N2O2/c1-15(2)10(11(14)16)6-4-8(13)9(17-3)5-7(6)12/h4-5,10H,1-3H3,(H2,14,16). The molecule has 1 atom stereocenters. The van der Waals surface area contributed by atoms with E-state index in [2.05, 4.69) is 4.74 Å². The Morgan fingerprint density at radius 3 is 2.35 bits per heavy atom. The molecule has 1 unspecified atom stereocenters. The third kappa shape index (κ3) is 2.71. The molecule has 0 radical (unpaired) electrons. The Labute approximate surface area is 98.0 Å². The summed E-state index contributed by atoms with van der Waals surface area (Å²) in [5.41, 5.74) is 5.05. The van der Waals surface area contributed by atoms with Gasteiger partial charge in [0.05, 0.1) is 7.11 Å². The molecule has 0 saturated heterocycles. The number of halogens is 2. The number of amides is 1. The highest BCUT2D eigenvalue weighted by Gasteiger charge is 2.25. The normalized spacial score (nSPS) is 12.6. The van der Waals surface area contributed by atoms with Gasteiger partial charge in [0, 0.05) is 11.6 Å². The minimum Gasteiger partial charge on any atom is -0.494 e. The van der Waals surface area contributed by atoms with Crippen LogP contribution in [0.1, 0.15) is 11.6 Å². The van der Waals surface area contributed by atoms with Gasteiger partial charge in [-0.15, -0.1) is 0 Å². The zero-order chi connectivity index (χ0) is 13.2. The molecule has 0 aliphatic rings. The van der Waals surface area contributed by atoms with Crippen molar-refractivity contribution in [3.8, 4) is 5.75 Å². The number of nitrogens with two attached hydrogens (primary N) is 1. The van der Waals surface area contributed by atoms with Gasteiger partial charge in [0.2, 0.25) is 5.91 Å². The molecule has 1 rings (SSSR count). The van der Waals surface area contributed by atoms with Gasteiger partial charge >= 0.3 is 0 Å². The molecule has 2 N–H and O–H groups in total. The maximum atomic E-state index is 13.7. The third-order valence-electron chi connectivity index (χ3n) is 2.35. The zero-order valence-corrected chi connectivity index (χ0v) is 9.83. The molecule has 0 bridgehead atoms. The second kappa shape index (κ2) is 5.09. The van der Waals surface area contributed by atoms with Crippen molar-refractivity contribution in [1.82, 2.24) is 4.90 Å². The molecule has 17 heavy (non-hydrogen) atoms. The smallest absolute Gasteiger partial charge is 0.239 e. The molecule has 0 aromatic heterocycles. The summed E-state index contributed by atoms with van der Waals surface area (Å²) in [6, 6.07) is 0.795. The highest BCUT2D eigenvalue weighted by Crippen LogP contribution is 2.27. The lowest BCUT2D eigenvalue weighted by Crippen LogP contribution is -2.33. The molecule has 0 fully saturated rings. The van der Waals surface area contributed by atoms with Crippen LogP contribution >= 0.6 is 0 Å². The van der Waals surface area contributed by atoms with Crippen LogP contribution in [0.15, 0.2) is 12.1 Å². The van der Waals surface area contributed by atoms with E-state index < -0.39 is 23.6 Å². The van der Waals surface area contributed by atoms with Crippen molar-refractivity contribution in [1.29, 1.82) is 0 Å². The van der Waals surface area contributed by atoms with E-state index in [1.54, 1.807) is 14.1 Å². The SMILES string of the molecule is COc1cc(F)c(C(C(N)=O)N(C)C)cc1F. The van der Waals surface area contributed by atoms with E-state index in [1.807, 2.05) is 0 Å². The maximum absolute atomic E-state index is 13.7. The first-order valence-electron chi connectivity index (χ1n) is 4.87. The molecule has 94 valence electrons. The maximum Gasteiger partial charge on any atom is 0.239 e. The Bertz CT molecular complexity index is 436. The molecule has 1 aromatic rings. The monoisotopic (exact) mass is 244 g/mol. The van der Waals surface area contributed by atoms with E-state index >= 15 is 0 Å². The topological polar surface area (TPSA) is 55.6 Å². The molecule has 1 amide bonds. The number of nitrogens with zero attached hydrogens (tertiary/aromatic N) is 1. The summed E-state index contributed by atoms with van der Waals surface area (Å²) in [6.07, 6.45) is 0. The summed E-state index contributed by atoms with van der Waals surface area (Å²) in [4.78, 5) is 12.6. The number of benzene rings is 1. The van der Waals surface area contributed by atoms with Crippen molar-refractivity contribution >= 4 is 5.91 Å². The van der Waals surface area contributed by atoms with Crippen LogP contribution in [0.4, 0.5) is 8.78 Å². The van der Waals surface area contributed by atoms with Gasteiger partial charge in [0.15, 0.2) is 11.6 Å². The first-order chi connectivity index (χ1) is 7.88. The van der Waals surface area contributed by atoms with Crippen LogP contribution < -0.4 is 10.5 Å². The molecule has 4 nitrogen and oxygen atoms in total.